The quantitative estimate of drug-likeness (QED) is 0.151. The van der Waals surface area contributed by atoms with E-state index in [1.807, 2.05) is 0 Å². The number of nitrogens with two attached hydrogens (primary N) is 1. The molecule has 2 aliphatic carbocycles. The first-order valence-electron chi connectivity index (χ1n) is 14.1. The second-order valence-electron chi connectivity index (χ2n) is 11.7. The van der Waals surface area contributed by atoms with E-state index in [2.05, 4.69) is 10.1 Å². The summed E-state index contributed by atoms with van der Waals surface area (Å²) in [4.78, 5) is 29.9. The van der Waals surface area contributed by atoms with Crippen LogP contribution < -0.4 is 5.73 Å². The fourth-order valence-electron chi connectivity index (χ4n) is 6.39. The maximum absolute atomic E-state index is 15.1. The number of aromatic nitrogens is 3. The fraction of sp³-hybridized carbons (Fsp3) is 0.312. The van der Waals surface area contributed by atoms with Crippen LogP contribution in [0.1, 0.15) is 70.2 Å². The van der Waals surface area contributed by atoms with Crippen LogP contribution in [0.4, 0.5) is 40.8 Å². The van der Waals surface area contributed by atoms with Gasteiger partial charge in [0.15, 0.2) is 17.3 Å². The van der Waals surface area contributed by atoms with Crippen LogP contribution in [0.5, 0.6) is 0 Å². The predicted octanol–water partition coefficient (Wildman–Crippen LogP) is 7.36. The van der Waals surface area contributed by atoms with E-state index in [1.165, 1.54) is 24.4 Å². The smallest absolute Gasteiger partial charge is 0.397 e. The monoisotopic (exact) mass is 648 g/mol. The molecule has 1 saturated carbocycles. The van der Waals surface area contributed by atoms with Gasteiger partial charge < -0.3 is 5.73 Å². The van der Waals surface area contributed by atoms with Gasteiger partial charge in [0, 0.05) is 35.4 Å². The molecule has 6 rings (SSSR count). The molecule has 1 fully saturated rings. The molecule has 2 aromatic carbocycles. The largest absolute Gasteiger partial charge is 0.435 e. The van der Waals surface area contributed by atoms with Crippen molar-refractivity contribution in [1.82, 2.24) is 14.8 Å². The molecule has 0 aliphatic heterocycles. The maximum atomic E-state index is 15.1. The van der Waals surface area contributed by atoms with Gasteiger partial charge in [-0.25, -0.2) is 13.2 Å². The topological polar surface area (TPSA) is 90.9 Å². The van der Waals surface area contributed by atoms with Crippen molar-refractivity contribution >= 4 is 17.3 Å². The fourth-order valence-corrected chi connectivity index (χ4v) is 6.39. The molecule has 0 unspecified atom stereocenters. The molecular formula is C32H24F8N4O2. The van der Waals surface area contributed by atoms with Crippen molar-refractivity contribution < 1.29 is 44.7 Å². The summed E-state index contributed by atoms with van der Waals surface area (Å²) >= 11 is 0. The molecule has 2 aromatic heterocycles. The van der Waals surface area contributed by atoms with Gasteiger partial charge in [0.25, 0.3) is 5.92 Å². The molecule has 0 spiro atoms. The molecule has 2 N–H and O–H groups in total. The number of carbonyl (C=O) groups excluding carboxylic acids is 2. The Bertz CT molecular complexity index is 1880. The van der Waals surface area contributed by atoms with E-state index < -0.39 is 88.8 Å². The Morgan fingerprint density at radius 2 is 1.76 bits per heavy atom. The van der Waals surface area contributed by atoms with E-state index >= 15 is 8.78 Å². The van der Waals surface area contributed by atoms with Crippen molar-refractivity contribution in [2.24, 2.45) is 5.92 Å². The molecule has 4 aromatic rings. The van der Waals surface area contributed by atoms with Crippen LogP contribution in [0.15, 0.2) is 48.7 Å². The Hall–Kier alpha value is -4.62. The zero-order valence-corrected chi connectivity index (χ0v) is 23.9. The number of nitrogen functional groups attached to an aromatic ring is 1. The van der Waals surface area contributed by atoms with Gasteiger partial charge >= 0.3 is 6.18 Å². The first-order chi connectivity index (χ1) is 21.5. The second kappa shape index (κ2) is 11.0. The summed E-state index contributed by atoms with van der Waals surface area (Å²) in [7, 11) is 0. The molecule has 3 atom stereocenters. The number of halogens is 8. The molecule has 46 heavy (non-hydrogen) atoms. The minimum atomic E-state index is -5.02. The van der Waals surface area contributed by atoms with Gasteiger partial charge in [-0.15, -0.1) is 0 Å². The maximum Gasteiger partial charge on any atom is 0.435 e. The van der Waals surface area contributed by atoms with Gasteiger partial charge in [-0.2, -0.15) is 27.1 Å². The zero-order chi connectivity index (χ0) is 33.3. The van der Waals surface area contributed by atoms with Crippen LogP contribution in [-0.4, -0.2) is 26.3 Å². The summed E-state index contributed by atoms with van der Waals surface area (Å²) in [5.74, 6) is -11.0. The van der Waals surface area contributed by atoms with Gasteiger partial charge in [-0.3, -0.25) is 19.3 Å². The SMILES string of the molecule is CC(=O)c1cc(-c2cc(N)cnc2[C@@H](CC(=O)Cn2nc(C(F)(F)F)c3c2C(F)(F)[C@@H]2C[C@H]32)Cc2cc(F)cc(F)c2)ccc1F. The van der Waals surface area contributed by atoms with Crippen LogP contribution in [0.2, 0.25) is 0 Å². The van der Waals surface area contributed by atoms with Crippen LogP contribution in [-0.2, 0) is 29.9 Å². The van der Waals surface area contributed by atoms with Crippen molar-refractivity contribution in [2.45, 2.75) is 56.7 Å². The highest BCUT2D eigenvalue weighted by Gasteiger charge is 2.68. The first kappa shape index (κ1) is 31.4. The second-order valence-corrected chi connectivity index (χ2v) is 11.7. The number of Topliss-reactive ketones (excluding diaryl/α,β-unsaturated/α-hetero) is 2. The minimum Gasteiger partial charge on any atom is -0.397 e. The molecule has 6 nitrogen and oxygen atoms in total. The lowest BCUT2D eigenvalue weighted by Crippen LogP contribution is -2.24. The first-order valence-corrected chi connectivity index (χ1v) is 14.1. The molecule has 0 radical (unpaired) electrons. The van der Waals surface area contributed by atoms with E-state index in [-0.39, 0.29) is 46.5 Å². The third kappa shape index (κ3) is 5.64. The van der Waals surface area contributed by atoms with Crippen LogP contribution in [0.25, 0.3) is 11.1 Å². The molecule has 2 heterocycles. The van der Waals surface area contributed by atoms with E-state index in [0.717, 1.165) is 25.1 Å². The summed E-state index contributed by atoms with van der Waals surface area (Å²) in [6.45, 7) is 0.223. The number of rotatable bonds is 9. The highest BCUT2D eigenvalue weighted by atomic mass is 19.4. The number of alkyl halides is 5. The highest BCUT2D eigenvalue weighted by molar-refractivity contribution is 5.95. The Morgan fingerprint density at radius 3 is 2.41 bits per heavy atom. The number of hydrogen-bond acceptors (Lipinski definition) is 5. The summed E-state index contributed by atoms with van der Waals surface area (Å²) < 4.78 is 115. The summed E-state index contributed by atoms with van der Waals surface area (Å²) in [5, 5.41) is 3.41. The van der Waals surface area contributed by atoms with Gasteiger partial charge in [0.1, 0.15) is 29.7 Å². The Labute approximate surface area is 256 Å². The summed E-state index contributed by atoms with van der Waals surface area (Å²) in [6.07, 6.45) is -4.66. The lowest BCUT2D eigenvalue weighted by molar-refractivity contribution is -0.142. The average molecular weight is 649 g/mol. The van der Waals surface area contributed by atoms with Gasteiger partial charge in [0.2, 0.25) is 0 Å². The average Bonchev–Trinajstić information content (AvgIpc) is 3.60. The van der Waals surface area contributed by atoms with Crippen molar-refractivity contribution in [1.29, 1.82) is 0 Å². The number of fused-ring (bicyclic) bond motifs is 3. The van der Waals surface area contributed by atoms with Crippen LogP contribution in [0, 0.1) is 23.4 Å². The van der Waals surface area contributed by atoms with Crippen molar-refractivity contribution in [3.05, 3.63) is 99.9 Å². The van der Waals surface area contributed by atoms with E-state index in [1.54, 1.807) is 0 Å². The van der Waals surface area contributed by atoms with Crippen molar-refractivity contribution in [3.63, 3.8) is 0 Å². The van der Waals surface area contributed by atoms with E-state index in [9.17, 15) is 35.9 Å². The standard InChI is InChI=1S/C32H24F8N4O2/c1-14(45)22-8-16(2-3-26(22)35)23-10-20(41)12-42-28(23)17(4-15-5-18(33)9-19(34)6-15)7-21(46)13-44-30-27(29(43-44)32(38,39)40)24-11-25(24)31(30,36)37/h2-3,5-6,8-10,12,17,24-25H,4,7,11,13,41H2,1H3/t17-,24+,25-/m1/s1. The van der Waals surface area contributed by atoms with Crippen LogP contribution in [0.3, 0.4) is 0 Å². The third-order valence-electron chi connectivity index (χ3n) is 8.39. The lowest BCUT2D eigenvalue weighted by atomic mass is 9.86. The molecule has 0 amide bonds. The molecule has 240 valence electrons. The number of hydrogen-bond donors (Lipinski definition) is 1. The van der Waals surface area contributed by atoms with Crippen LogP contribution >= 0.6 is 0 Å². The van der Waals surface area contributed by atoms with Crippen molar-refractivity contribution in [3.8, 4) is 11.1 Å². The highest BCUT2D eigenvalue weighted by Crippen LogP contribution is 2.68. The van der Waals surface area contributed by atoms with E-state index in [0.29, 0.717) is 10.7 Å². The molecule has 2 aliphatic rings. The lowest BCUT2D eigenvalue weighted by Gasteiger charge is -2.21. The number of pyridine rings is 1. The Balaban J connectivity index is 1.40. The van der Waals surface area contributed by atoms with Gasteiger partial charge in [0.05, 0.1) is 23.1 Å². The van der Waals surface area contributed by atoms with Crippen molar-refractivity contribution in [2.75, 3.05) is 5.73 Å². The summed E-state index contributed by atoms with van der Waals surface area (Å²) in [5.41, 5.74) is 3.60. The normalized spacial score (nSPS) is 18.6. The molecule has 0 bridgehead atoms. The Kier molecular flexibility index (Phi) is 7.51. The zero-order valence-electron chi connectivity index (χ0n) is 23.9. The molecule has 14 heteroatoms. The third-order valence-corrected chi connectivity index (χ3v) is 8.39. The number of ketones is 2. The Morgan fingerprint density at radius 1 is 1.07 bits per heavy atom. The number of benzene rings is 2. The van der Waals surface area contributed by atoms with E-state index in [4.69, 9.17) is 5.73 Å². The summed E-state index contributed by atoms with van der Waals surface area (Å²) in [6, 6.07) is 7.74. The number of carbonyl (C=O) groups is 2. The minimum absolute atomic E-state index is 0.0920. The van der Waals surface area contributed by atoms with Gasteiger partial charge in [-0.05, 0) is 67.1 Å². The predicted molar refractivity (Wildman–Crippen MR) is 148 cm³/mol. The molecule has 0 saturated heterocycles. The molecular weight excluding hydrogens is 624 g/mol. The number of anilines is 1. The number of nitrogens with zero attached hydrogens (tertiary/aromatic N) is 3. The van der Waals surface area contributed by atoms with Gasteiger partial charge in [-0.1, -0.05) is 6.07 Å².